The molecule has 0 aliphatic rings. The van der Waals surface area contributed by atoms with Gasteiger partial charge >= 0.3 is 12.2 Å². The van der Waals surface area contributed by atoms with Crippen LogP contribution in [0.15, 0.2) is 84.9 Å². The Morgan fingerprint density at radius 1 is 0.923 bits per heavy atom. The Bertz CT molecular complexity index is 1420. The molecule has 7 nitrogen and oxygen atoms in total. The van der Waals surface area contributed by atoms with Gasteiger partial charge in [0.25, 0.3) is 0 Å². The minimum atomic E-state index is -4.49. The molecule has 0 aliphatic heterocycles. The number of nitrogens with zero attached hydrogens (tertiary/aromatic N) is 3. The second-order valence-electron chi connectivity index (χ2n) is 8.64. The lowest BCUT2D eigenvalue weighted by Gasteiger charge is -2.22. The van der Waals surface area contributed by atoms with Gasteiger partial charge in [-0.2, -0.15) is 18.3 Å². The molecule has 39 heavy (non-hydrogen) atoms. The minimum absolute atomic E-state index is 0.163. The fraction of sp³-hybridized carbons (Fsp3) is 0.179. The maximum Gasteiger partial charge on any atom is 0.416 e. The SMILES string of the molecule is CCCN(CC(=O)Nc1cc(-c2ccccc2)nn1-c1ccc(F)cc1)C(=O)Nc1ccc(C(F)(F)F)cc1. The number of aromatic nitrogens is 2. The lowest BCUT2D eigenvalue weighted by molar-refractivity contribution is -0.137. The second kappa shape index (κ2) is 11.8. The molecule has 0 atom stereocenters. The molecule has 4 aromatic rings. The van der Waals surface area contributed by atoms with Crippen molar-refractivity contribution in [2.45, 2.75) is 19.5 Å². The largest absolute Gasteiger partial charge is 0.416 e. The van der Waals surface area contributed by atoms with Crippen LogP contribution in [0.3, 0.4) is 0 Å². The van der Waals surface area contributed by atoms with Gasteiger partial charge in [-0.15, -0.1) is 0 Å². The van der Waals surface area contributed by atoms with Crippen LogP contribution in [0.5, 0.6) is 0 Å². The smallest absolute Gasteiger partial charge is 0.315 e. The molecule has 3 amide bonds. The van der Waals surface area contributed by atoms with Crippen molar-refractivity contribution >= 4 is 23.4 Å². The van der Waals surface area contributed by atoms with Crippen LogP contribution in [0.4, 0.5) is 33.9 Å². The van der Waals surface area contributed by atoms with E-state index in [1.54, 1.807) is 6.07 Å². The van der Waals surface area contributed by atoms with Crippen LogP contribution in [0.2, 0.25) is 0 Å². The highest BCUT2D eigenvalue weighted by Crippen LogP contribution is 2.30. The van der Waals surface area contributed by atoms with Crippen LogP contribution < -0.4 is 10.6 Å². The normalized spacial score (nSPS) is 11.2. The maximum atomic E-state index is 13.5. The monoisotopic (exact) mass is 539 g/mol. The van der Waals surface area contributed by atoms with Gasteiger partial charge in [-0.05, 0) is 55.0 Å². The number of carbonyl (C=O) groups is 2. The predicted molar refractivity (Wildman–Crippen MR) is 140 cm³/mol. The number of anilines is 2. The summed E-state index contributed by atoms with van der Waals surface area (Å²) in [6.45, 7) is 1.73. The van der Waals surface area contributed by atoms with Crippen LogP contribution in [0.25, 0.3) is 16.9 Å². The first-order valence-electron chi connectivity index (χ1n) is 12.1. The summed E-state index contributed by atoms with van der Waals surface area (Å²) in [5.74, 6) is -0.631. The number of nitrogens with one attached hydrogen (secondary N) is 2. The molecule has 202 valence electrons. The van der Waals surface area contributed by atoms with Gasteiger partial charge in [0.15, 0.2) is 0 Å². The Kier molecular flexibility index (Phi) is 8.28. The third-order valence-electron chi connectivity index (χ3n) is 5.70. The summed E-state index contributed by atoms with van der Waals surface area (Å²) >= 11 is 0. The quantitative estimate of drug-likeness (QED) is 0.248. The Morgan fingerprint density at radius 2 is 1.59 bits per heavy atom. The number of benzene rings is 3. The average molecular weight is 540 g/mol. The van der Waals surface area contributed by atoms with Gasteiger partial charge in [-0.3, -0.25) is 4.79 Å². The maximum absolute atomic E-state index is 13.5. The molecule has 2 N–H and O–H groups in total. The molecular formula is C28H25F4N5O2. The fourth-order valence-corrected chi connectivity index (χ4v) is 3.82. The molecule has 0 aliphatic carbocycles. The van der Waals surface area contributed by atoms with Crippen molar-refractivity contribution < 1.29 is 27.2 Å². The van der Waals surface area contributed by atoms with Crippen molar-refractivity contribution in [3.05, 3.63) is 96.3 Å². The number of hydrogen-bond donors (Lipinski definition) is 2. The van der Waals surface area contributed by atoms with Gasteiger partial charge < -0.3 is 15.5 Å². The van der Waals surface area contributed by atoms with E-state index in [9.17, 15) is 27.2 Å². The third-order valence-corrected chi connectivity index (χ3v) is 5.70. The highest BCUT2D eigenvalue weighted by molar-refractivity contribution is 5.97. The first kappa shape index (κ1) is 27.4. The molecule has 1 aromatic heterocycles. The van der Waals surface area contributed by atoms with E-state index in [4.69, 9.17) is 0 Å². The van der Waals surface area contributed by atoms with Crippen molar-refractivity contribution in [1.82, 2.24) is 14.7 Å². The number of alkyl halides is 3. The van der Waals surface area contributed by atoms with Gasteiger partial charge in [0.05, 0.1) is 16.9 Å². The van der Waals surface area contributed by atoms with Crippen molar-refractivity contribution in [3.63, 3.8) is 0 Å². The fourth-order valence-electron chi connectivity index (χ4n) is 3.82. The Morgan fingerprint density at radius 3 is 2.21 bits per heavy atom. The lowest BCUT2D eigenvalue weighted by atomic mass is 10.1. The van der Waals surface area contributed by atoms with Gasteiger partial charge in [0.2, 0.25) is 5.91 Å². The van der Waals surface area contributed by atoms with E-state index in [0.717, 1.165) is 29.8 Å². The van der Waals surface area contributed by atoms with Crippen LogP contribution in [-0.2, 0) is 11.0 Å². The minimum Gasteiger partial charge on any atom is -0.315 e. The van der Waals surface area contributed by atoms with Gasteiger partial charge in [-0.25, -0.2) is 13.9 Å². The molecule has 0 radical (unpaired) electrons. The van der Waals surface area contributed by atoms with Crippen molar-refractivity contribution in [2.24, 2.45) is 0 Å². The molecule has 0 unspecified atom stereocenters. The predicted octanol–water partition coefficient (Wildman–Crippen LogP) is 6.58. The summed E-state index contributed by atoms with van der Waals surface area (Å²) in [7, 11) is 0. The van der Waals surface area contributed by atoms with E-state index in [0.29, 0.717) is 23.6 Å². The zero-order valence-corrected chi connectivity index (χ0v) is 20.9. The van der Waals surface area contributed by atoms with Crippen LogP contribution in [0.1, 0.15) is 18.9 Å². The summed E-state index contributed by atoms with van der Waals surface area (Å²) in [5.41, 5.74) is 1.21. The Hall–Kier alpha value is -4.67. The van der Waals surface area contributed by atoms with E-state index in [1.165, 1.54) is 33.8 Å². The number of rotatable bonds is 8. The molecule has 4 rings (SSSR count). The molecule has 11 heteroatoms. The van der Waals surface area contributed by atoms with Gasteiger partial charge in [0.1, 0.15) is 18.2 Å². The second-order valence-corrected chi connectivity index (χ2v) is 8.64. The van der Waals surface area contributed by atoms with Gasteiger partial charge in [-0.1, -0.05) is 37.3 Å². The molecule has 0 bridgehead atoms. The third kappa shape index (κ3) is 7.01. The lowest BCUT2D eigenvalue weighted by Crippen LogP contribution is -2.41. The number of hydrogen-bond acceptors (Lipinski definition) is 3. The number of urea groups is 1. The summed E-state index contributed by atoms with van der Waals surface area (Å²) < 4.78 is 53.4. The zero-order chi connectivity index (χ0) is 28.0. The van der Waals surface area contributed by atoms with E-state index in [1.807, 2.05) is 37.3 Å². The Balaban J connectivity index is 1.51. The first-order chi connectivity index (χ1) is 18.6. The highest BCUT2D eigenvalue weighted by atomic mass is 19.4. The number of halogens is 4. The summed E-state index contributed by atoms with van der Waals surface area (Å²) in [6, 6.07) is 19.9. The van der Waals surface area contributed by atoms with E-state index >= 15 is 0 Å². The standard InChI is InChI=1S/C28H25F4N5O2/c1-2-16-36(27(39)33-22-12-8-20(9-13-22)28(30,31)32)18-26(38)34-25-17-24(19-6-4-3-5-7-19)35-37(25)23-14-10-21(29)11-15-23/h3-15,17H,2,16,18H2,1H3,(H,33,39)(H,34,38). The molecule has 1 heterocycles. The first-order valence-corrected chi connectivity index (χ1v) is 12.1. The van der Waals surface area contributed by atoms with E-state index in [-0.39, 0.29) is 18.8 Å². The average Bonchev–Trinajstić information content (AvgIpc) is 3.32. The summed E-state index contributed by atoms with van der Waals surface area (Å²) in [6.07, 6.45) is -3.95. The molecule has 0 spiro atoms. The van der Waals surface area contributed by atoms with Crippen molar-refractivity contribution in [3.8, 4) is 16.9 Å². The number of carbonyl (C=O) groups excluding carboxylic acids is 2. The van der Waals surface area contributed by atoms with Crippen molar-refractivity contribution in [2.75, 3.05) is 23.7 Å². The van der Waals surface area contributed by atoms with Crippen LogP contribution in [-0.4, -0.2) is 39.7 Å². The van der Waals surface area contributed by atoms with Crippen LogP contribution >= 0.6 is 0 Å². The Labute approximate surface area is 222 Å². The number of amides is 3. The zero-order valence-electron chi connectivity index (χ0n) is 20.9. The van der Waals surface area contributed by atoms with Crippen molar-refractivity contribution in [1.29, 1.82) is 0 Å². The highest BCUT2D eigenvalue weighted by Gasteiger charge is 2.30. The van der Waals surface area contributed by atoms with E-state index in [2.05, 4.69) is 15.7 Å². The molecule has 0 saturated carbocycles. The molecule has 0 fully saturated rings. The summed E-state index contributed by atoms with van der Waals surface area (Å²) in [5, 5.41) is 9.87. The molecule has 0 saturated heterocycles. The topological polar surface area (TPSA) is 79.3 Å². The van der Waals surface area contributed by atoms with Crippen LogP contribution in [0, 0.1) is 5.82 Å². The van der Waals surface area contributed by atoms with Gasteiger partial charge in [0, 0.05) is 23.9 Å². The summed E-state index contributed by atoms with van der Waals surface area (Å²) in [4.78, 5) is 27.1. The van der Waals surface area contributed by atoms with E-state index < -0.39 is 29.5 Å². The molecular weight excluding hydrogens is 514 g/mol. The molecule has 3 aromatic carbocycles.